The topological polar surface area (TPSA) is 132 Å². The maximum atomic E-state index is 12.7. The summed E-state index contributed by atoms with van der Waals surface area (Å²) in [4.78, 5) is 27.2. The van der Waals surface area contributed by atoms with E-state index >= 15 is 0 Å². The summed E-state index contributed by atoms with van der Waals surface area (Å²) < 4.78 is 33.8. The Bertz CT molecular complexity index is 966. The average molecular weight is 384 g/mol. The Morgan fingerprint density at radius 2 is 1.92 bits per heavy atom. The first-order valence-corrected chi connectivity index (χ1v) is 9.61. The highest BCUT2D eigenvalue weighted by molar-refractivity contribution is 7.92. The molecule has 1 amide bonds. The summed E-state index contributed by atoms with van der Waals surface area (Å²) in [6.45, 7) is 0.745. The van der Waals surface area contributed by atoms with Crippen LogP contribution in [0.15, 0.2) is 22.5 Å². The summed E-state index contributed by atoms with van der Waals surface area (Å²) in [5.41, 5.74) is 0.196. The largest absolute Gasteiger partial charge is 0.486 e. The van der Waals surface area contributed by atoms with Crippen LogP contribution in [0.2, 0.25) is 0 Å². The minimum absolute atomic E-state index is 0.125. The van der Waals surface area contributed by atoms with Gasteiger partial charge in [0, 0.05) is 11.8 Å². The van der Waals surface area contributed by atoms with E-state index in [4.69, 9.17) is 14.6 Å². The van der Waals surface area contributed by atoms with Gasteiger partial charge in [-0.05, 0) is 18.2 Å². The van der Waals surface area contributed by atoms with Crippen molar-refractivity contribution in [2.75, 3.05) is 24.8 Å². The zero-order chi connectivity index (χ0) is 18.2. The number of sulfone groups is 1. The molecule has 0 fully saturated rings. The van der Waals surface area contributed by atoms with E-state index in [0.717, 1.165) is 6.26 Å². The normalized spacial score (nSPS) is 13.3. The number of nitrogens with one attached hydrogen (secondary N) is 1. The van der Waals surface area contributed by atoms with Crippen molar-refractivity contribution in [1.82, 2.24) is 4.98 Å². The van der Waals surface area contributed by atoms with Crippen LogP contribution in [-0.4, -0.2) is 49.9 Å². The number of carbonyl (C=O) groups excluding carboxylic acids is 1. The van der Waals surface area contributed by atoms with Crippen molar-refractivity contribution in [3.8, 4) is 11.5 Å². The number of amides is 1. The first-order valence-electron chi connectivity index (χ1n) is 6.91. The molecule has 2 heterocycles. The molecule has 0 spiro atoms. The van der Waals surface area contributed by atoms with Crippen LogP contribution in [0.5, 0.6) is 11.5 Å². The number of hydrogen-bond donors (Lipinski definition) is 2. The third kappa shape index (κ3) is 3.56. The number of rotatable bonds is 4. The van der Waals surface area contributed by atoms with Crippen molar-refractivity contribution < 1.29 is 32.6 Å². The van der Waals surface area contributed by atoms with Gasteiger partial charge in [-0.25, -0.2) is 18.2 Å². The number of anilines is 1. The Kier molecular flexibility index (Phi) is 4.35. The molecule has 1 aromatic heterocycles. The maximum absolute atomic E-state index is 12.7. The number of ether oxygens (including phenoxy) is 2. The van der Waals surface area contributed by atoms with Gasteiger partial charge in [0.1, 0.15) is 18.1 Å². The molecular weight excluding hydrogens is 372 g/mol. The van der Waals surface area contributed by atoms with E-state index in [-0.39, 0.29) is 20.6 Å². The van der Waals surface area contributed by atoms with Crippen molar-refractivity contribution in [2.24, 2.45) is 0 Å². The van der Waals surface area contributed by atoms with Gasteiger partial charge in [-0.2, -0.15) is 0 Å². The van der Waals surface area contributed by atoms with Gasteiger partial charge in [0.15, 0.2) is 17.3 Å². The van der Waals surface area contributed by atoms with E-state index in [1.165, 1.54) is 12.1 Å². The molecule has 0 unspecified atom stereocenters. The molecule has 0 aliphatic carbocycles. The van der Waals surface area contributed by atoms with E-state index in [9.17, 15) is 18.0 Å². The fourth-order valence-corrected chi connectivity index (χ4v) is 3.94. The number of thiazole rings is 1. The highest BCUT2D eigenvalue weighted by atomic mass is 32.2. The molecule has 2 N–H and O–H groups in total. The highest BCUT2D eigenvalue weighted by Crippen LogP contribution is 2.34. The van der Waals surface area contributed by atoms with E-state index < -0.39 is 21.7 Å². The minimum atomic E-state index is -3.69. The van der Waals surface area contributed by atoms with E-state index in [1.807, 2.05) is 5.32 Å². The summed E-state index contributed by atoms with van der Waals surface area (Å²) >= 11 is 0.602. The Hall–Kier alpha value is -2.66. The predicted octanol–water partition coefficient (Wildman–Crippen LogP) is 1.64. The molecule has 25 heavy (non-hydrogen) atoms. The number of fused-ring (bicyclic) bond motifs is 1. The van der Waals surface area contributed by atoms with Crippen LogP contribution >= 0.6 is 11.3 Å². The van der Waals surface area contributed by atoms with Gasteiger partial charge >= 0.3 is 6.09 Å². The van der Waals surface area contributed by atoms with Crippen LogP contribution in [-0.2, 0) is 9.84 Å². The van der Waals surface area contributed by atoms with E-state index in [2.05, 4.69) is 4.98 Å². The summed E-state index contributed by atoms with van der Waals surface area (Å²) in [5.74, 6) is -0.0172. The molecule has 0 bridgehead atoms. The molecule has 0 saturated carbocycles. The van der Waals surface area contributed by atoms with Crippen molar-refractivity contribution in [1.29, 1.82) is 0 Å². The molecule has 0 atom stereocenters. The van der Waals surface area contributed by atoms with Crippen LogP contribution in [0.4, 0.5) is 10.6 Å². The van der Waals surface area contributed by atoms with Crippen LogP contribution in [0.3, 0.4) is 0 Å². The molecule has 3 rings (SSSR count). The van der Waals surface area contributed by atoms with Gasteiger partial charge in [-0.15, -0.1) is 0 Å². The summed E-state index contributed by atoms with van der Waals surface area (Å²) in [5, 5.41) is 10.8. The molecule has 132 valence electrons. The molecule has 2 aromatic rings. The zero-order valence-corrected chi connectivity index (χ0v) is 14.4. The number of nitrogens with zero attached hydrogens (tertiary/aromatic N) is 1. The summed E-state index contributed by atoms with van der Waals surface area (Å²) in [6.07, 6.45) is -0.532. The molecule has 1 aliphatic heterocycles. The molecule has 0 radical (unpaired) electrons. The first-order chi connectivity index (χ1) is 11.8. The highest BCUT2D eigenvalue weighted by Gasteiger charge is 2.26. The van der Waals surface area contributed by atoms with Crippen molar-refractivity contribution >= 4 is 38.9 Å². The predicted molar refractivity (Wildman–Crippen MR) is 87.7 cm³/mol. The van der Waals surface area contributed by atoms with E-state index in [0.29, 0.717) is 36.0 Å². The Labute approximate surface area is 146 Å². The minimum Gasteiger partial charge on any atom is -0.486 e. The second kappa shape index (κ2) is 6.33. The van der Waals surface area contributed by atoms with Gasteiger partial charge in [0.2, 0.25) is 20.0 Å². The smallest absolute Gasteiger partial charge is 0.410 e. The van der Waals surface area contributed by atoms with E-state index in [1.54, 1.807) is 6.07 Å². The second-order valence-electron chi connectivity index (χ2n) is 5.05. The fraction of sp³-hybridized carbons (Fsp3) is 0.214. The molecule has 1 aliphatic rings. The number of carboxylic acid groups (broad SMARTS) is 1. The van der Waals surface area contributed by atoms with Crippen molar-refractivity contribution in [2.45, 2.75) is 4.34 Å². The summed E-state index contributed by atoms with van der Waals surface area (Å²) in [7, 11) is -3.69. The van der Waals surface area contributed by atoms with Crippen LogP contribution in [0.25, 0.3) is 0 Å². The Morgan fingerprint density at radius 3 is 2.56 bits per heavy atom. The lowest BCUT2D eigenvalue weighted by molar-refractivity contribution is 0.104. The standard InChI is InChI=1S/C14H12N2O7S2/c1-25(20,21)14-16-12(15-13(18)19)11(24-14)10(17)7-2-3-8-9(6-7)23-5-4-22-8/h2-3,6,15H,4-5H2,1H3,(H,18,19). The number of hydrogen-bond acceptors (Lipinski definition) is 8. The molecule has 0 saturated heterocycles. The maximum Gasteiger partial charge on any atom is 0.410 e. The quantitative estimate of drug-likeness (QED) is 0.760. The number of ketones is 1. The van der Waals surface area contributed by atoms with Gasteiger partial charge in [-0.3, -0.25) is 10.1 Å². The third-order valence-corrected chi connectivity index (χ3v) is 5.89. The second-order valence-corrected chi connectivity index (χ2v) is 8.24. The SMILES string of the molecule is CS(=O)(=O)c1nc(NC(=O)O)c(C(=O)c2ccc3c(c2)OCCO3)s1. The van der Waals surface area contributed by atoms with Crippen molar-refractivity contribution in [3.63, 3.8) is 0 Å². The molecule has 1 aromatic carbocycles. The van der Waals surface area contributed by atoms with Crippen LogP contribution < -0.4 is 14.8 Å². The number of benzene rings is 1. The zero-order valence-electron chi connectivity index (χ0n) is 12.8. The first kappa shape index (κ1) is 17.2. The molecule has 11 heteroatoms. The van der Waals surface area contributed by atoms with Gasteiger partial charge in [-0.1, -0.05) is 11.3 Å². The van der Waals surface area contributed by atoms with Crippen LogP contribution in [0, 0.1) is 0 Å². The molecule has 9 nitrogen and oxygen atoms in total. The van der Waals surface area contributed by atoms with Gasteiger partial charge < -0.3 is 14.6 Å². The summed E-state index contributed by atoms with van der Waals surface area (Å²) in [6, 6.07) is 4.51. The number of aromatic nitrogens is 1. The number of carbonyl (C=O) groups is 2. The lowest BCUT2D eigenvalue weighted by Crippen LogP contribution is -2.16. The molecular formula is C14H12N2O7S2. The lowest BCUT2D eigenvalue weighted by atomic mass is 10.1. The van der Waals surface area contributed by atoms with Gasteiger partial charge in [0.05, 0.1) is 0 Å². The third-order valence-electron chi connectivity index (χ3n) is 3.16. The van der Waals surface area contributed by atoms with Crippen LogP contribution in [0.1, 0.15) is 15.2 Å². The Balaban J connectivity index is 2.04. The van der Waals surface area contributed by atoms with Gasteiger partial charge in [0.25, 0.3) is 0 Å². The average Bonchev–Trinajstić information content (AvgIpc) is 2.97. The van der Waals surface area contributed by atoms with Crippen molar-refractivity contribution in [3.05, 3.63) is 28.6 Å². The Morgan fingerprint density at radius 1 is 1.24 bits per heavy atom. The fourth-order valence-electron chi connectivity index (χ4n) is 2.11. The lowest BCUT2D eigenvalue weighted by Gasteiger charge is -2.18. The monoisotopic (exact) mass is 384 g/mol.